The van der Waals surface area contributed by atoms with E-state index in [1.807, 2.05) is 42.5 Å². The average Bonchev–Trinajstić information content (AvgIpc) is 3.15. The highest BCUT2D eigenvalue weighted by atomic mass is 19.1. The minimum absolute atomic E-state index is 0.0508. The van der Waals surface area contributed by atoms with E-state index in [2.05, 4.69) is 49.2 Å². The summed E-state index contributed by atoms with van der Waals surface area (Å²) < 4.78 is 15.0. The molecule has 4 aliphatic rings. The number of carbonyl (C=O) groups is 1. The number of halogens is 1. The van der Waals surface area contributed by atoms with E-state index in [1.165, 1.54) is 25.9 Å². The Morgan fingerprint density at radius 2 is 1.88 bits per heavy atom. The van der Waals surface area contributed by atoms with Gasteiger partial charge in [-0.2, -0.15) is 4.98 Å². The number of nitrogens with two attached hydrogens (primary N) is 1. The maximum Gasteiger partial charge on any atom is 0.247 e. The Labute approximate surface area is 234 Å². The van der Waals surface area contributed by atoms with Crippen LogP contribution < -0.4 is 20.9 Å². The van der Waals surface area contributed by atoms with Crippen LogP contribution in [-0.2, 0) is 4.79 Å². The number of primary amides is 1. The summed E-state index contributed by atoms with van der Waals surface area (Å²) in [6.07, 6.45) is 14.4. The minimum atomic E-state index is -0.597. The predicted octanol–water partition coefficient (Wildman–Crippen LogP) is 3.39. The van der Waals surface area contributed by atoms with Gasteiger partial charge in [-0.1, -0.05) is 30.4 Å². The molecule has 40 heavy (non-hydrogen) atoms. The van der Waals surface area contributed by atoms with Gasteiger partial charge < -0.3 is 25.8 Å². The van der Waals surface area contributed by atoms with Gasteiger partial charge in [-0.3, -0.25) is 9.69 Å². The van der Waals surface area contributed by atoms with Crippen LogP contribution in [0.3, 0.4) is 0 Å². The molecule has 2 aromatic rings. The van der Waals surface area contributed by atoms with Crippen molar-refractivity contribution in [2.75, 3.05) is 61.4 Å². The molecule has 4 heterocycles. The SMILES string of the molecule is CN1CCC(N2CCN(c3cccc(Nc4ncc(F)c(N5C=C(C(N)=O)C6C=CC=CC=C65)n4)c3)CC2)CC1. The van der Waals surface area contributed by atoms with Gasteiger partial charge >= 0.3 is 0 Å². The molecule has 208 valence electrons. The molecule has 1 aliphatic carbocycles. The molecule has 9 nitrogen and oxygen atoms in total. The molecule has 0 radical (unpaired) electrons. The summed E-state index contributed by atoms with van der Waals surface area (Å²) in [5.74, 6) is -1.20. The molecule has 2 saturated heterocycles. The van der Waals surface area contributed by atoms with Gasteiger partial charge in [0.15, 0.2) is 11.6 Å². The van der Waals surface area contributed by atoms with Crippen LogP contribution >= 0.6 is 0 Å². The smallest absolute Gasteiger partial charge is 0.247 e. The molecule has 1 aromatic heterocycles. The molecule has 1 amide bonds. The number of allylic oxidation sites excluding steroid dienone is 5. The molecule has 3 aliphatic heterocycles. The second-order valence-electron chi connectivity index (χ2n) is 10.8. The Hall–Kier alpha value is -4.02. The first-order valence-electron chi connectivity index (χ1n) is 13.9. The number of rotatable bonds is 6. The molecular weight excluding hydrogens is 507 g/mol. The number of hydrogen-bond acceptors (Lipinski definition) is 8. The molecule has 1 atom stereocenters. The second-order valence-corrected chi connectivity index (χ2v) is 10.8. The number of amides is 1. The van der Waals surface area contributed by atoms with E-state index in [1.54, 1.807) is 11.1 Å². The number of aromatic nitrogens is 2. The first kappa shape index (κ1) is 26.2. The van der Waals surface area contributed by atoms with E-state index >= 15 is 4.39 Å². The molecule has 0 spiro atoms. The van der Waals surface area contributed by atoms with Crippen LogP contribution in [0.1, 0.15) is 12.8 Å². The molecule has 10 heteroatoms. The number of likely N-dealkylation sites (tertiary alicyclic amines) is 1. The van der Waals surface area contributed by atoms with Crippen LogP contribution in [0, 0.1) is 11.7 Å². The normalized spacial score (nSPS) is 22.1. The van der Waals surface area contributed by atoms with E-state index in [0.717, 1.165) is 43.8 Å². The highest BCUT2D eigenvalue weighted by Crippen LogP contribution is 2.38. The summed E-state index contributed by atoms with van der Waals surface area (Å²) in [6.45, 7) is 6.45. The summed E-state index contributed by atoms with van der Waals surface area (Å²) in [4.78, 5) is 29.8. The highest BCUT2D eigenvalue weighted by Gasteiger charge is 2.34. The summed E-state index contributed by atoms with van der Waals surface area (Å²) in [5.41, 5.74) is 8.66. The van der Waals surface area contributed by atoms with E-state index < -0.39 is 11.7 Å². The number of nitrogens with zero attached hydrogens (tertiary/aromatic N) is 6. The quantitative estimate of drug-likeness (QED) is 0.574. The lowest BCUT2D eigenvalue weighted by Crippen LogP contribution is -2.53. The third-order valence-electron chi connectivity index (χ3n) is 8.22. The monoisotopic (exact) mass is 542 g/mol. The lowest BCUT2D eigenvalue weighted by molar-refractivity contribution is -0.114. The standard InChI is InChI=1S/C30H35FN8O/c1-36-12-10-22(11-13-36)37-14-16-38(17-15-37)23-7-5-6-21(18-23)34-30-33-19-26(31)29(35-30)39-20-25(28(32)40)24-8-3-2-4-9-27(24)39/h2-9,18-20,22,24H,10-17H2,1H3,(H2,32,40)(H,33,34,35). The van der Waals surface area contributed by atoms with Gasteiger partial charge in [-0.25, -0.2) is 9.37 Å². The number of nitrogens with one attached hydrogen (secondary N) is 1. The minimum Gasteiger partial charge on any atom is -0.369 e. The van der Waals surface area contributed by atoms with Crippen LogP contribution in [0.25, 0.3) is 0 Å². The molecule has 2 fully saturated rings. The van der Waals surface area contributed by atoms with Crippen molar-refractivity contribution in [3.05, 3.63) is 84.1 Å². The van der Waals surface area contributed by atoms with Gasteiger partial charge in [0.2, 0.25) is 11.9 Å². The maximum absolute atomic E-state index is 15.0. The zero-order valence-corrected chi connectivity index (χ0v) is 22.7. The van der Waals surface area contributed by atoms with Gasteiger partial charge in [0, 0.05) is 67.0 Å². The second kappa shape index (κ2) is 11.2. The summed E-state index contributed by atoms with van der Waals surface area (Å²) in [6, 6.07) is 8.85. The fourth-order valence-corrected chi connectivity index (χ4v) is 5.99. The van der Waals surface area contributed by atoms with E-state index in [-0.39, 0.29) is 17.7 Å². The lowest BCUT2D eigenvalue weighted by Gasteiger charge is -2.43. The molecule has 1 unspecified atom stereocenters. The van der Waals surface area contributed by atoms with Crippen molar-refractivity contribution in [3.8, 4) is 0 Å². The van der Waals surface area contributed by atoms with Crippen molar-refractivity contribution < 1.29 is 9.18 Å². The summed E-state index contributed by atoms with van der Waals surface area (Å²) in [7, 11) is 2.20. The molecule has 6 rings (SSSR count). The number of fused-ring (bicyclic) bond motifs is 1. The third-order valence-corrected chi connectivity index (χ3v) is 8.22. The van der Waals surface area contributed by atoms with Crippen molar-refractivity contribution in [3.63, 3.8) is 0 Å². The number of benzene rings is 1. The fraction of sp³-hybridized carbons (Fsp3) is 0.367. The Balaban J connectivity index is 1.16. The molecule has 3 N–H and O–H groups in total. The van der Waals surface area contributed by atoms with E-state index in [4.69, 9.17) is 5.73 Å². The molecule has 0 bridgehead atoms. The highest BCUT2D eigenvalue weighted by molar-refractivity contribution is 5.96. The zero-order valence-electron chi connectivity index (χ0n) is 22.7. The van der Waals surface area contributed by atoms with Crippen molar-refractivity contribution in [2.24, 2.45) is 11.7 Å². The van der Waals surface area contributed by atoms with Crippen LogP contribution in [0.5, 0.6) is 0 Å². The van der Waals surface area contributed by atoms with Crippen molar-refractivity contribution in [1.82, 2.24) is 19.8 Å². The Morgan fingerprint density at radius 3 is 2.65 bits per heavy atom. The number of piperazine rings is 1. The fourth-order valence-electron chi connectivity index (χ4n) is 5.99. The number of hydrogen-bond donors (Lipinski definition) is 2. The third kappa shape index (κ3) is 5.37. The van der Waals surface area contributed by atoms with Crippen molar-refractivity contribution in [2.45, 2.75) is 18.9 Å². The topological polar surface area (TPSA) is 93.9 Å². The lowest BCUT2D eigenvalue weighted by atomic mass is 9.98. The van der Waals surface area contributed by atoms with Crippen LogP contribution in [0.15, 0.2) is 78.3 Å². The van der Waals surface area contributed by atoms with Crippen molar-refractivity contribution in [1.29, 1.82) is 0 Å². The Morgan fingerprint density at radius 1 is 1.07 bits per heavy atom. The summed E-state index contributed by atoms with van der Waals surface area (Å²) >= 11 is 0. The van der Waals surface area contributed by atoms with Crippen LogP contribution in [0.4, 0.5) is 27.5 Å². The number of piperidine rings is 1. The largest absolute Gasteiger partial charge is 0.369 e. The van der Waals surface area contributed by atoms with Gasteiger partial charge in [-0.05, 0) is 57.3 Å². The first-order chi connectivity index (χ1) is 19.5. The Bertz CT molecular complexity index is 1390. The number of anilines is 4. The first-order valence-corrected chi connectivity index (χ1v) is 13.9. The van der Waals surface area contributed by atoms with E-state index in [9.17, 15) is 4.79 Å². The number of carbonyl (C=O) groups excluding carboxylic acids is 1. The Kier molecular flexibility index (Phi) is 7.36. The van der Waals surface area contributed by atoms with Gasteiger partial charge in [-0.15, -0.1) is 0 Å². The molecule has 1 aromatic carbocycles. The molecular formula is C30H35FN8O. The average molecular weight is 543 g/mol. The van der Waals surface area contributed by atoms with Gasteiger partial charge in [0.05, 0.1) is 6.20 Å². The van der Waals surface area contributed by atoms with Crippen molar-refractivity contribution >= 4 is 29.0 Å². The molecule has 0 saturated carbocycles. The van der Waals surface area contributed by atoms with Gasteiger partial charge in [0.1, 0.15) is 0 Å². The summed E-state index contributed by atoms with van der Waals surface area (Å²) in [5, 5.41) is 3.24. The van der Waals surface area contributed by atoms with Crippen LogP contribution in [0.2, 0.25) is 0 Å². The van der Waals surface area contributed by atoms with E-state index in [0.29, 0.717) is 17.3 Å². The van der Waals surface area contributed by atoms with Gasteiger partial charge in [0.25, 0.3) is 0 Å². The zero-order chi connectivity index (χ0) is 27.6. The maximum atomic E-state index is 15.0. The van der Waals surface area contributed by atoms with Crippen LogP contribution in [-0.4, -0.2) is 78.0 Å². The predicted molar refractivity (Wildman–Crippen MR) is 156 cm³/mol.